The standard InChI is InChI=1S/C22H19N/c1-17-9-8-14-21-20(17)15-22(19-12-6-3-7-13-19)23(21)16-18-10-4-2-5-11-18/h2-15H,16H2,1H3. The average molecular weight is 297 g/mol. The van der Waals surface area contributed by atoms with Crippen LogP contribution in [-0.2, 0) is 6.54 Å². The molecule has 4 aromatic rings. The minimum atomic E-state index is 0.887. The largest absolute Gasteiger partial charge is 0.336 e. The second-order valence-electron chi connectivity index (χ2n) is 5.98. The summed E-state index contributed by atoms with van der Waals surface area (Å²) in [5.74, 6) is 0. The van der Waals surface area contributed by atoms with Crippen LogP contribution in [0.3, 0.4) is 0 Å². The molecule has 0 N–H and O–H groups in total. The van der Waals surface area contributed by atoms with Gasteiger partial charge in [0.15, 0.2) is 0 Å². The summed E-state index contributed by atoms with van der Waals surface area (Å²) in [4.78, 5) is 0. The zero-order valence-corrected chi connectivity index (χ0v) is 13.2. The highest BCUT2D eigenvalue weighted by Crippen LogP contribution is 2.30. The van der Waals surface area contributed by atoms with Crippen LogP contribution in [0.5, 0.6) is 0 Å². The van der Waals surface area contributed by atoms with Crippen LogP contribution in [0, 0.1) is 6.92 Å². The zero-order valence-electron chi connectivity index (χ0n) is 13.2. The van der Waals surface area contributed by atoms with Gasteiger partial charge in [-0.1, -0.05) is 72.8 Å². The van der Waals surface area contributed by atoms with E-state index in [2.05, 4.69) is 96.4 Å². The summed E-state index contributed by atoms with van der Waals surface area (Å²) < 4.78 is 2.42. The quantitative estimate of drug-likeness (QED) is 0.459. The van der Waals surface area contributed by atoms with Gasteiger partial charge in [0.2, 0.25) is 0 Å². The maximum Gasteiger partial charge on any atom is 0.0494 e. The molecular formula is C22H19N. The van der Waals surface area contributed by atoms with Gasteiger partial charge >= 0.3 is 0 Å². The SMILES string of the molecule is Cc1cccc2c1cc(-c1ccccc1)n2Cc1ccccc1. The van der Waals surface area contributed by atoms with E-state index in [0.717, 1.165) is 6.54 Å². The Morgan fingerprint density at radius 3 is 2.17 bits per heavy atom. The highest BCUT2D eigenvalue weighted by Gasteiger charge is 2.12. The molecule has 0 unspecified atom stereocenters. The van der Waals surface area contributed by atoms with Crippen molar-refractivity contribution in [2.75, 3.05) is 0 Å². The van der Waals surface area contributed by atoms with E-state index in [1.165, 1.54) is 33.3 Å². The van der Waals surface area contributed by atoms with Gasteiger partial charge in [-0.25, -0.2) is 0 Å². The van der Waals surface area contributed by atoms with E-state index in [1.807, 2.05) is 0 Å². The molecule has 3 aromatic carbocycles. The van der Waals surface area contributed by atoms with Gasteiger partial charge in [0, 0.05) is 23.1 Å². The maximum absolute atomic E-state index is 2.42. The van der Waals surface area contributed by atoms with Crippen molar-refractivity contribution in [2.24, 2.45) is 0 Å². The smallest absolute Gasteiger partial charge is 0.0494 e. The Morgan fingerprint density at radius 1 is 0.739 bits per heavy atom. The number of hydrogen-bond acceptors (Lipinski definition) is 0. The van der Waals surface area contributed by atoms with Gasteiger partial charge in [-0.2, -0.15) is 0 Å². The Bertz CT molecular complexity index is 934. The summed E-state index contributed by atoms with van der Waals surface area (Å²) >= 11 is 0. The summed E-state index contributed by atoms with van der Waals surface area (Å²) in [6, 6.07) is 30.2. The molecule has 0 aliphatic rings. The number of hydrogen-bond donors (Lipinski definition) is 0. The van der Waals surface area contributed by atoms with Crippen molar-refractivity contribution in [3.05, 3.63) is 96.1 Å². The molecular weight excluding hydrogens is 278 g/mol. The molecule has 0 radical (unpaired) electrons. The van der Waals surface area contributed by atoms with Crippen LogP contribution < -0.4 is 0 Å². The minimum absolute atomic E-state index is 0.887. The van der Waals surface area contributed by atoms with Gasteiger partial charge in [0.1, 0.15) is 0 Å². The van der Waals surface area contributed by atoms with Gasteiger partial charge in [0.05, 0.1) is 0 Å². The topological polar surface area (TPSA) is 4.93 Å². The van der Waals surface area contributed by atoms with Gasteiger partial charge in [-0.05, 0) is 35.7 Å². The molecule has 0 aliphatic carbocycles. The summed E-state index contributed by atoms with van der Waals surface area (Å²) in [6.45, 7) is 3.07. The summed E-state index contributed by atoms with van der Waals surface area (Å²) in [5.41, 5.74) is 6.49. The van der Waals surface area contributed by atoms with Crippen molar-refractivity contribution in [2.45, 2.75) is 13.5 Å². The molecule has 0 saturated carbocycles. The Morgan fingerprint density at radius 2 is 1.43 bits per heavy atom. The van der Waals surface area contributed by atoms with E-state index in [9.17, 15) is 0 Å². The molecule has 4 rings (SSSR count). The van der Waals surface area contributed by atoms with Crippen molar-refractivity contribution < 1.29 is 0 Å². The molecule has 0 aliphatic heterocycles. The highest BCUT2D eigenvalue weighted by atomic mass is 15.0. The third-order valence-electron chi connectivity index (χ3n) is 4.42. The first kappa shape index (κ1) is 13.8. The molecule has 0 atom stereocenters. The van der Waals surface area contributed by atoms with Gasteiger partial charge in [0.25, 0.3) is 0 Å². The summed E-state index contributed by atoms with van der Waals surface area (Å²) in [6.07, 6.45) is 0. The minimum Gasteiger partial charge on any atom is -0.336 e. The van der Waals surface area contributed by atoms with Crippen LogP contribution in [0.2, 0.25) is 0 Å². The van der Waals surface area contributed by atoms with E-state index < -0.39 is 0 Å². The second kappa shape index (κ2) is 5.77. The Labute approximate surface area is 136 Å². The van der Waals surface area contributed by atoms with Crippen LogP contribution in [0.25, 0.3) is 22.2 Å². The fourth-order valence-corrected chi connectivity index (χ4v) is 3.22. The summed E-state index contributed by atoms with van der Waals surface area (Å²) in [5, 5.41) is 1.34. The second-order valence-corrected chi connectivity index (χ2v) is 5.98. The molecule has 1 aromatic heterocycles. The lowest BCUT2D eigenvalue weighted by Gasteiger charge is -2.11. The first-order valence-electron chi connectivity index (χ1n) is 8.01. The van der Waals surface area contributed by atoms with Crippen molar-refractivity contribution in [1.29, 1.82) is 0 Å². The van der Waals surface area contributed by atoms with Crippen LogP contribution in [-0.4, -0.2) is 4.57 Å². The molecule has 0 spiro atoms. The maximum atomic E-state index is 2.42. The molecule has 1 heteroatoms. The molecule has 0 amide bonds. The number of benzene rings is 3. The van der Waals surface area contributed by atoms with Crippen LogP contribution in [0.15, 0.2) is 84.9 Å². The van der Waals surface area contributed by atoms with E-state index in [4.69, 9.17) is 0 Å². The van der Waals surface area contributed by atoms with Crippen molar-refractivity contribution in [1.82, 2.24) is 4.57 Å². The third kappa shape index (κ3) is 2.55. The fraction of sp³-hybridized carbons (Fsp3) is 0.0909. The Kier molecular flexibility index (Phi) is 3.47. The van der Waals surface area contributed by atoms with E-state index in [-0.39, 0.29) is 0 Å². The highest BCUT2D eigenvalue weighted by molar-refractivity contribution is 5.89. The van der Waals surface area contributed by atoms with Gasteiger partial charge in [-0.3, -0.25) is 0 Å². The van der Waals surface area contributed by atoms with E-state index in [0.29, 0.717) is 0 Å². The van der Waals surface area contributed by atoms with E-state index >= 15 is 0 Å². The molecule has 23 heavy (non-hydrogen) atoms. The van der Waals surface area contributed by atoms with Crippen molar-refractivity contribution in [3.8, 4) is 11.3 Å². The molecule has 0 saturated heterocycles. The van der Waals surface area contributed by atoms with Crippen molar-refractivity contribution in [3.63, 3.8) is 0 Å². The Balaban J connectivity index is 1.94. The van der Waals surface area contributed by atoms with Crippen LogP contribution >= 0.6 is 0 Å². The number of fused-ring (bicyclic) bond motifs is 1. The zero-order chi connectivity index (χ0) is 15.6. The molecule has 1 heterocycles. The molecule has 112 valence electrons. The predicted octanol–water partition coefficient (Wildman–Crippen LogP) is 5.67. The lowest BCUT2D eigenvalue weighted by atomic mass is 10.1. The fourth-order valence-electron chi connectivity index (χ4n) is 3.22. The number of aromatic nitrogens is 1. The number of nitrogens with zero attached hydrogens (tertiary/aromatic N) is 1. The van der Waals surface area contributed by atoms with Crippen LogP contribution in [0.4, 0.5) is 0 Å². The normalized spacial score (nSPS) is 11.0. The molecule has 0 fully saturated rings. The first-order valence-corrected chi connectivity index (χ1v) is 8.01. The lowest BCUT2D eigenvalue weighted by molar-refractivity contribution is 0.845. The first-order chi connectivity index (χ1) is 11.3. The number of aryl methyl sites for hydroxylation is 1. The van der Waals surface area contributed by atoms with Crippen LogP contribution in [0.1, 0.15) is 11.1 Å². The molecule has 0 bridgehead atoms. The van der Waals surface area contributed by atoms with Gasteiger partial charge < -0.3 is 4.57 Å². The predicted molar refractivity (Wildman–Crippen MR) is 97.7 cm³/mol. The Hall–Kier alpha value is -2.80. The molecule has 1 nitrogen and oxygen atoms in total. The lowest BCUT2D eigenvalue weighted by Crippen LogP contribution is -2.01. The van der Waals surface area contributed by atoms with E-state index in [1.54, 1.807) is 0 Å². The summed E-state index contributed by atoms with van der Waals surface area (Å²) in [7, 11) is 0. The van der Waals surface area contributed by atoms with Crippen molar-refractivity contribution >= 4 is 10.9 Å². The number of rotatable bonds is 3. The van der Waals surface area contributed by atoms with Gasteiger partial charge in [-0.15, -0.1) is 0 Å². The third-order valence-corrected chi connectivity index (χ3v) is 4.42. The monoisotopic (exact) mass is 297 g/mol. The average Bonchev–Trinajstić information content (AvgIpc) is 2.97.